The molecule has 2 atom stereocenters. The van der Waals surface area contributed by atoms with E-state index in [2.05, 4.69) is 57.9 Å². The molecule has 72 heavy (non-hydrogen) atoms. The highest BCUT2D eigenvalue weighted by Crippen LogP contribution is 2.54. The number of sulfonamides is 1. The average molecular weight is 1020 g/mol. The molecule has 3 N–H and O–H groups in total. The van der Waals surface area contributed by atoms with Crippen LogP contribution < -0.4 is 28.6 Å². The predicted octanol–water partition coefficient (Wildman–Crippen LogP) is 9.40. The number of anilines is 1. The lowest BCUT2D eigenvalue weighted by atomic mass is 9.59. The van der Waals surface area contributed by atoms with Crippen molar-refractivity contribution < 1.29 is 55.7 Å². The molecule has 5 heterocycles. The van der Waals surface area contributed by atoms with Crippen molar-refractivity contribution in [1.82, 2.24) is 19.6 Å². The largest absolute Gasteiger partial charge is 0.486 e. The van der Waals surface area contributed by atoms with E-state index < -0.39 is 55.6 Å². The number of fused-ring (bicyclic) bond motifs is 2. The number of nitrogens with zero attached hydrogens (tertiary/aromatic N) is 4. The highest BCUT2D eigenvalue weighted by atomic mass is 32.2. The number of rotatable bonds is 14. The molecule has 2 aliphatic carbocycles. The van der Waals surface area contributed by atoms with Crippen LogP contribution in [-0.4, -0.2) is 103 Å². The quantitative estimate of drug-likeness (QED) is 0.0700. The van der Waals surface area contributed by atoms with Crippen molar-refractivity contribution >= 4 is 38.3 Å². The Hall–Kier alpha value is -6.09. The summed E-state index contributed by atoms with van der Waals surface area (Å²) in [5.41, 5.74) is 2.03. The van der Waals surface area contributed by atoms with E-state index in [4.69, 9.17) is 23.7 Å². The van der Waals surface area contributed by atoms with Crippen molar-refractivity contribution in [2.75, 3.05) is 44.4 Å². The van der Waals surface area contributed by atoms with E-state index in [1.54, 1.807) is 31.3 Å². The number of carbonyl (C=O) groups excluding carboxylic acids is 1. The zero-order valence-corrected chi connectivity index (χ0v) is 41.3. The number of aliphatic hydroxyl groups is 1. The summed E-state index contributed by atoms with van der Waals surface area (Å²) in [7, 11) is -4.84. The van der Waals surface area contributed by atoms with Crippen molar-refractivity contribution in [3.63, 3.8) is 0 Å². The minimum atomic E-state index is -4.84. The zero-order valence-electron chi connectivity index (χ0n) is 40.5. The molecule has 5 aliphatic rings. The van der Waals surface area contributed by atoms with Gasteiger partial charge in [-0.25, -0.2) is 13.1 Å². The summed E-state index contributed by atoms with van der Waals surface area (Å²) in [4.78, 5) is 37.0. The molecule has 5 aromatic rings. The molecule has 0 unspecified atom stereocenters. The van der Waals surface area contributed by atoms with Gasteiger partial charge in [0.1, 0.15) is 24.1 Å². The van der Waals surface area contributed by atoms with E-state index in [1.165, 1.54) is 23.3 Å². The zero-order chi connectivity index (χ0) is 50.5. The fourth-order valence-corrected chi connectivity index (χ4v) is 12.5. The molecule has 3 aliphatic heterocycles. The van der Waals surface area contributed by atoms with E-state index in [1.807, 2.05) is 4.72 Å². The Morgan fingerprint density at radius 3 is 2.51 bits per heavy atom. The molecule has 3 aromatic carbocycles. The number of alkyl halides is 2. The number of piperidine rings is 1. The second kappa shape index (κ2) is 19.7. The van der Waals surface area contributed by atoms with Gasteiger partial charge in [0.2, 0.25) is 5.75 Å². The van der Waals surface area contributed by atoms with Gasteiger partial charge in [-0.05, 0) is 117 Å². The van der Waals surface area contributed by atoms with E-state index in [-0.39, 0.29) is 58.2 Å². The summed E-state index contributed by atoms with van der Waals surface area (Å²) >= 11 is 0. The van der Waals surface area contributed by atoms with Gasteiger partial charge < -0.3 is 38.7 Å². The predicted molar refractivity (Wildman–Crippen MR) is 262 cm³/mol. The van der Waals surface area contributed by atoms with Gasteiger partial charge in [-0.3, -0.25) is 19.8 Å². The van der Waals surface area contributed by atoms with Gasteiger partial charge in [0.05, 0.1) is 40.2 Å². The molecule has 1 amide bonds. The molecule has 0 radical (unpaired) electrons. The number of carbonyl (C=O) groups is 1. The number of halogens is 2. The van der Waals surface area contributed by atoms with Crippen molar-refractivity contribution in [2.45, 2.75) is 120 Å². The first-order chi connectivity index (χ1) is 34.4. The molecule has 384 valence electrons. The van der Waals surface area contributed by atoms with Crippen LogP contribution in [0, 0.1) is 21.4 Å². The molecule has 1 spiro atoms. The smallest absolute Gasteiger partial charge is 0.388 e. The molecule has 20 heteroatoms. The molecular weight excluding hydrogens is 955 g/mol. The summed E-state index contributed by atoms with van der Waals surface area (Å²) in [5, 5.41) is 23.3. The van der Waals surface area contributed by atoms with Gasteiger partial charge in [-0.15, -0.1) is 0 Å². The first-order valence-electron chi connectivity index (χ1n) is 24.8. The first kappa shape index (κ1) is 49.5. The lowest BCUT2D eigenvalue weighted by Gasteiger charge is -2.57. The van der Waals surface area contributed by atoms with Crippen LogP contribution in [0.25, 0.3) is 11.0 Å². The maximum absolute atomic E-state index is 14.2. The minimum absolute atomic E-state index is 0.00200. The lowest BCUT2D eigenvalue weighted by molar-refractivity contribution is -0.386. The Labute approximate surface area is 416 Å². The molecule has 10 rings (SSSR count). The van der Waals surface area contributed by atoms with Crippen LogP contribution in [0.2, 0.25) is 0 Å². The van der Waals surface area contributed by atoms with Crippen LogP contribution >= 0.6 is 0 Å². The normalized spacial score (nSPS) is 23.6. The number of aromatic amines is 1. The molecule has 2 saturated carbocycles. The van der Waals surface area contributed by atoms with Crippen LogP contribution in [0.5, 0.6) is 28.9 Å². The number of aromatic nitrogens is 2. The number of nitro benzene ring substituents is 1. The minimum Gasteiger partial charge on any atom is -0.486 e. The van der Waals surface area contributed by atoms with E-state index in [0.29, 0.717) is 68.6 Å². The van der Waals surface area contributed by atoms with Gasteiger partial charge >= 0.3 is 12.3 Å². The highest BCUT2D eigenvalue weighted by Gasteiger charge is 2.50. The third kappa shape index (κ3) is 10.3. The summed E-state index contributed by atoms with van der Waals surface area (Å²) in [6.45, 7) is 6.56. The molecule has 17 nitrogen and oxygen atoms in total. The molecule has 0 bridgehead atoms. The van der Waals surface area contributed by atoms with Crippen LogP contribution in [0.1, 0.15) is 112 Å². The van der Waals surface area contributed by atoms with Gasteiger partial charge in [0.25, 0.3) is 21.8 Å². The van der Waals surface area contributed by atoms with E-state index >= 15 is 0 Å². The Bertz CT molecular complexity index is 2940. The van der Waals surface area contributed by atoms with Crippen molar-refractivity contribution in [1.29, 1.82) is 0 Å². The number of ether oxygens (including phenoxy) is 5. The molecule has 2 aromatic heterocycles. The number of hydrogen-bond acceptors (Lipinski definition) is 14. The van der Waals surface area contributed by atoms with Crippen molar-refractivity contribution in [3.8, 4) is 28.9 Å². The SMILES string of the molecule is CC(C)c1ccccc1[C@H]1COCCN1C1CC2(CCN(c3ccc(C(=O)NS(=O)(=O)c4cc5c(c([N+](=O)[O-])c4)O[C@H](C[C@H]4CC[C@](C)(O)CC4)CO5)c(Oc4cc5cc[nH]c5nc4OC(F)F)c3)CC2)C1. The standard InChI is InChI=1S/C52H60F2N6O11S/c1-31(2)38-6-4-5-7-39(38)42-30-67-21-20-59(42)35-27-52(28-35)15-18-58(19-16-52)34-8-9-40(43(24-34)70-45-23-33-12-17-55-47(33)56-49(45)71-50(53)54)48(61)57-72(65,66)37-25-41(60(63)64)46-44(26-37)68-29-36(69-46)22-32-10-13-51(3,62)14-11-32/h4-9,12,17,23-26,31-32,35-36,42,50,62H,10-11,13-16,18-22,27-30H2,1-3H3,(H,55,56)(H,57,61)/t32-,36-,42-,51-/m1/s1. The second-order valence-corrected chi connectivity index (χ2v) is 22.4. The number of hydrogen-bond donors (Lipinski definition) is 3. The Balaban J connectivity index is 0.880. The van der Waals surface area contributed by atoms with Crippen LogP contribution in [0.15, 0.2) is 77.8 Å². The van der Waals surface area contributed by atoms with Gasteiger partial charge in [-0.2, -0.15) is 13.8 Å². The Morgan fingerprint density at radius 1 is 1.01 bits per heavy atom. The third-order valence-electron chi connectivity index (χ3n) is 15.5. The van der Waals surface area contributed by atoms with Gasteiger partial charge in [-0.1, -0.05) is 38.1 Å². The number of amides is 1. The summed E-state index contributed by atoms with van der Waals surface area (Å²) in [6.07, 6.45) is 8.22. The van der Waals surface area contributed by atoms with Crippen LogP contribution in [-0.2, 0) is 14.8 Å². The summed E-state index contributed by atoms with van der Waals surface area (Å²) < 4.78 is 86.6. The Kier molecular flexibility index (Phi) is 13.6. The number of nitrogens with one attached hydrogen (secondary N) is 2. The summed E-state index contributed by atoms with van der Waals surface area (Å²) in [6, 6.07) is 18.8. The highest BCUT2D eigenvalue weighted by molar-refractivity contribution is 7.90. The number of morpholine rings is 1. The molecule has 2 saturated heterocycles. The number of H-pyrrole nitrogens is 1. The van der Waals surface area contributed by atoms with E-state index in [0.717, 1.165) is 57.2 Å². The second-order valence-electron chi connectivity index (χ2n) is 20.7. The van der Waals surface area contributed by atoms with Crippen LogP contribution in [0.4, 0.5) is 20.2 Å². The average Bonchev–Trinajstić information content (AvgIpc) is 3.80. The van der Waals surface area contributed by atoms with Crippen molar-refractivity contribution in [3.05, 3.63) is 99.7 Å². The maximum atomic E-state index is 14.2. The fraction of sp³-hybridized carbons (Fsp3) is 0.500. The number of nitro groups is 1. The monoisotopic (exact) mass is 1010 g/mol. The van der Waals surface area contributed by atoms with Crippen molar-refractivity contribution in [2.24, 2.45) is 11.3 Å². The lowest BCUT2D eigenvalue weighted by Crippen LogP contribution is -2.58. The maximum Gasteiger partial charge on any atom is 0.388 e. The van der Waals surface area contributed by atoms with Gasteiger partial charge in [0, 0.05) is 61.1 Å². The van der Waals surface area contributed by atoms with E-state index in [9.17, 15) is 37.2 Å². The molecule has 4 fully saturated rings. The first-order valence-corrected chi connectivity index (χ1v) is 26.2. The Morgan fingerprint density at radius 2 is 1.78 bits per heavy atom. The number of benzene rings is 3. The topological polar surface area (TPSA) is 208 Å². The van der Waals surface area contributed by atoms with Crippen LogP contribution in [0.3, 0.4) is 0 Å². The number of pyridine rings is 1. The third-order valence-corrected chi connectivity index (χ3v) is 16.8. The van der Waals surface area contributed by atoms with Gasteiger partial charge in [0.15, 0.2) is 11.5 Å². The summed E-state index contributed by atoms with van der Waals surface area (Å²) in [5.74, 6) is -1.98. The molecular formula is C52H60F2N6O11S. The fourth-order valence-electron chi connectivity index (χ4n) is 11.5.